The van der Waals surface area contributed by atoms with Gasteiger partial charge in [-0.05, 0) is 33.6 Å². The van der Waals surface area contributed by atoms with Crippen molar-refractivity contribution in [3.05, 3.63) is 0 Å². The van der Waals surface area contributed by atoms with Crippen LogP contribution in [-0.2, 0) is 9.47 Å². The SMILES string of the molecule is COC1CC[C@@H]1NC(=O)OC(C)(C)C. The van der Waals surface area contributed by atoms with Gasteiger partial charge in [0.15, 0.2) is 0 Å². The van der Waals surface area contributed by atoms with Crippen molar-refractivity contribution in [2.75, 3.05) is 7.11 Å². The Morgan fingerprint density at radius 1 is 1.36 bits per heavy atom. The molecule has 4 heteroatoms. The molecule has 1 aliphatic carbocycles. The van der Waals surface area contributed by atoms with Crippen LogP contribution in [0.4, 0.5) is 4.79 Å². The molecule has 14 heavy (non-hydrogen) atoms. The van der Waals surface area contributed by atoms with Gasteiger partial charge in [0.05, 0.1) is 12.1 Å². The summed E-state index contributed by atoms with van der Waals surface area (Å²) < 4.78 is 10.3. The third kappa shape index (κ3) is 3.18. The molecule has 1 aliphatic rings. The van der Waals surface area contributed by atoms with Crippen molar-refractivity contribution in [1.82, 2.24) is 5.32 Å². The molecule has 0 saturated heterocycles. The predicted octanol–water partition coefficient (Wildman–Crippen LogP) is 1.69. The van der Waals surface area contributed by atoms with Gasteiger partial charge >= 0.3 is 6.09 Å². The lowest BCUT2D eigenvalue weighted by Gasteiger charge is -2.36. The first-order chi connectivity index (χ1) is 6.42. The van der Waals surface area contributed by atoms with Crippen LogP contribution in [0, 0.1) is 0 Å². The van der Waals surface area contributed by atoms with Gasteiger partial charge in [-0.1, -0.05) is 0 Å². The second-order valence-electron chi connectivity index (χ2n) is 4.60. The fraction of sp³-hybridized carbons (Fsp3) is 0.900. The normalized spacial score (nSPS) is 26.6. The van der Waals surface area contributed by atoms with Crippen LogP contribution in [0.5, 0.6) is 0 Å². The Morgan fingerprint density at radius 2 is 2.00 bits per heavy atom. The van der Waals surface area contributed by atoms with Crippen molar-refractivity contribution in [3.8, 4) is 0 Å². The first-order valence-electron chi connectivity index (χ1n) is 4.94. The lowest BCUT2D eigenvalue weighted by molar-refractivity contribution is -0.00381. The number of ether oxygens (including phenoxy) is 2. The zero-order chi connectivity index (χ0) is 10.8. The zero-order valence-electron chi connectivity index (χ0n) is 9.29. The van der Waals surface area contributed by atoms with E-state index in [1.807, 2.05) is 20.8 Å². The van der Waals surface area contributed by atoms with Gasteiger partial charge in [-0.25, -0.2) is 4.79 Å². The van der Waals surface area contributed by atoms with Crippen LogP contribution in [-0.4, -0.2) is 30.9 Å². The van der Waals surface area contributed by atoms with Gasteiger partial charge in [-0.2, -0.15) is 0 Å². The number of nitrogens with one attached hydrogen (secondary N) is 1. The van der Waals surface area contributed by atoms with Gasteiger partial charge in [0.2, 0.25) is 0 Å². The molecule has 4 nitrogen and oxygen atoms in total. The Labute approximate surface area is 85.0 Å². The molecule has 0 aromatic heterocycles. The lowest BCUT2D eigenvalue weighted by atomic mass is 9.89. The minimum absolute atomic E-state index is 0.120. The van der Waals surface area contributed by atoms with Crippen LogP contribution in [0.2, 0.25) is 0 Å². The number of amides is 1. The third-order valence-electron chi connectivity index (χ3n) is 2.22. The standard InChI is InChI=1S/C10H19NO3/c1-10(2,3)14-9(12)11-7-5-6-8(7)13-4/h7-8H,5-6H2,1-4H3,(H,11,12)/t7-,8?/m0/s1. The van der Waals surface area contributed by atoms with E-state index in [-0.39, 0.29) is 18.2 Å². The van der Waals surface area contributed by atoms with Crippen LogP contribution in [0.1, 0.15) is 33.6 Å². The maximum absolute atomic E-state index is 11.3. The smallest absolute Gasteiger partial charge is 0.407 e. The van der Waals surface area contributed by atoms with E-state index in [1.165, 1.54) is 0 Å². The highest BCUT2D eigenvalue weighted by Crippen LogP contribution is 2.22. The number of carbonyl (C=O) groups is 1. The molecule has 1 saturated carbocycles. The van der Waals surface area contributed by atoms with E-state index >= 15 is 0 Å². The van der Waals surface area contributed by atoms with Crippen molar-refractivity contribution in [1.29, 1.82) is 0 Å². The van der Waals surface area contributed by atoms with Crippen molar-refractivity contribution in [2.45, 2.75) is 51.4 Å². The average Bonchev–Trinajstić information content (AvgIpc) is 1.96. The van der Waals surface area contributed by atoms with Crippen LogP contribution in [0.3, 0.4) is 0 Å². The number of methoxy groups -OCH3 is 1. The highest BCUT2D eigenvalue weighted by Gasteiger charge is 2.33. The van der Waals surface area contributed by atoms with Crippen molar-refractivity contribution < 1.29 is 14.3 Å². The molecule has 1 unspecified atom stereocenters. The number of carbonyl (C=O) groups excluding carboxylic acids is 1. The topological polar surface area (TPSA) is 47.6 Å². The van der Waals surface area contributed by atoms with Crippen LogP contribution in [0.25, 0.3) is 0 Å². The molecular formula is C10H19NO3. The molecule has 82 valence electrons. The molecule has 1 amide bonds. The third-order valence-corrected chi connectivity index (χ3v) is 2.22. The Kier molecular flexibility index (Phi) is 3.37. The van der Waals surface area contributed by atoms with E-state index < -0.39 is 5.60 Å². The quantitative estimate of drug-likeness (QED) is 0.739. The molecule has 0 radical (unpaired) electrons. The van der Waals surface area contributed by atoms with Crippen molar-refractivity contribution >= 4 is 6.09 Å². The van der Waals surface area contributed by atoms with Gasteiger partial charge < -0.3 is 14.8 Å². The van der Waals surface area contributed by atoms with Crippen molar-refractivity contribution in [3.63, 3.8) is 0 Å². The summed E-state index contributed by atoms with van der Waals surface area (Å²) in [6.45, 7) is 5.55. The minimum atomic E-state index is -0.434. The Balaban J connectivity index is 2.27. The molecule has 0 bridgehead atoms. The summed E-state index contributed by atoms with van der Waals surface area (Å²) in [5.74, 6) is 0. The largest absolute Gasteiger partial charge is 0.444 e. The maximum Gasteiger partial charge on any atom is 0.407 e. The fourth-order valence-corrected chi connectivity index (χ4v) is 1.38. The maximum atomic E-state index is 11.3. The van der Waals surface area contributed by atoms with E-state index in [2.05, 4.69) is 5.32 Å². The minimum Gasteiger partial charge on any atom is -0.444 e. The van der Waals surface area contributed by atoms with E-state index in [4.69, 9.17) is 9.47 Å². The molecule has 1 rings (SSSR count). The summed E-state index contributed by atoms with van der Waals surface area (Å²) in [6, 6.07) is 0.120. The highest BCUT2D eigenvalue weighted by molar-refractivity contribution is 5.68. The van der Waals surface area contributed by atoms with Gasteiger partial charge in [0, 0.05) is 7.11 Å². The van der Waals surface area contributed by atoms with E-state index in [1.54, 1.807) is 7.11 Å². The molecule has 0 aliphatic heterocycles. The second kappa shape index (κ2) is 4.17. The second-order valence-corrected chi connectivity index (χ2v) is 4.60. The predicted molar refractivity (Wildman–Crippen MR) is 53.2 cm³/mol. The van der Waals surface area contributed by atoms with Crippen molar-refractivity contribution in [2.24, 2.45) is 0 Å². The number of alkyl carbamates (subject to hydrolysis) is 1. The molecule has 1 N–H and O–H groups in total. The van der Waals surface area contributed by atoms with E-state index in [9.17, 15) is 4.79 Å². The van der Waals surface area contributed by atoms with Gasteiger partial charge in [0.1, 0.15) is 5.60 Å². The Hall–Kier alpha value is -0.770. The molecular weight excluding hydrogens is 182 g/mol. The molecule has 0 heterocycles. The van der Waals surface area contributed by atoms with Gasteiger partial charge in [-0.15, -0.1) is 0 Å². The van der Waals surface area contributed by atoms with Gasteiger partial charge in [0.25, 0.3) is 0 Å². The molecule has 1 fully saturated rings. The first kappa shape index (κ1) is 11.3. The summed E-state index contributed by atoms with van der Waals surface area (Å²) in [5, 5.41) is 2.79. The molecule has 0 aromatic carbocycles. The first-order valence-corrected chi connectivity index (χ1v) is 4.94. The lowest BCUT2D eigenvalue weighted by Crippen LogP contribution is -2.52. The molecule has 0 spiro atoms. The summed E-state index contributed by atoms with van der Waals surface area (Å²) in [4.78, 5) is 11.3. The van der Waals surface area contributed by atoms with E-state index in [0.717, 1.165) is 12.8 Å². The van der Waals surface area contributed by atoms with Crippen LogP contribution < -0.4 is 5.32 Å². The monoisotopic (exact) mass is 201 g/mol. The van der Waals surface area contributed by atoms with Gasteiger partial charge in [-0.3, -0.25) is 0 Å². The zero-order valence-corrected chi connectivity index (χ0v) is 9.29. The number of hydrogen-bond donors (Lipinski definition) is 1. The number of rotatable bonds is 2. The molecule has 2 atom stereocenters. The fourth-order valence-electron chi connectivity index (χ4n) is 1.38. The van der Waals surface area contributed by atoms with Crippen LogP contribution in [0.15, 0.2) is 0 Å². The Morgan fingerprint density at radius 3 is 2.36 bits per heavy atom. The average molecular weight is 201 g/mol. The highest BCUT2D eigenvalue weighted by atomic mass is 16.6. The summed E-state index contributed by atoms with van der Waals surface area (Å²) in [7, 11) is 1.66. The summed E-state index contributed by atoms with van der Waals surface area (Å²) in [5.41, 5.74) is -0.434. The Bertz CT molecular complexity index is 208. The number of hydrogen-bond acceptors (Lipinski definition) is 3. The summed E-state index contributed by atoms with van der Waals surface area (Å²) in [6.07, 6.45) is 1.78. The van der Waals surface area contributed by atoms with E-state index in [0.29, 0.717) is 0 Å². The van der Waals surface area contributed by atoms with Crippen LogP contribution >= 0.6 is 0 Å². The molecule has 0 aromatic rings. The summed E-state index contributed by atoms with van der Waals surface area (Å²) >= 11 is 0.